The molecule has 4 nitrogen and oxygen atoms in total. The van der Waals surface area contributed by atoms with Crippen LogP contribution < -0.4 is 0 Å². The van der Waals surface area contributed by atoms with E-state index in [1.807, 2.05) is 0 Å². The van der Waals surface area contributed by atoms with Gasteiger partial charge >= 0.3 is 0 Å². The highest BCUT2D eigenvalue weighted by atomic mass is 32.2. The van der Waals surface area contributed by atoms with Gasteiger partial charge in [-0.1, -0.05) is 60.7 Å². The number of hydrogen-bond acceptors (Lipinski definition) is 4. The molecule has 0 atom stereocenters. The number of sulfone groups is 1. The van der Waals surface area contributed by atoms with Crippen LogP contribution in [0.4, 0.5) is 0 Å². The Morgan fingerprint density at radius 2 is 1.28 bits per heavy atom. The van der Waals surface area contributed by atoms with E-state index in [9.17, 15) is 8.42 Å². The molecule has 0 radical (unpaired) electrons. The largest absolute Gasteiger partial charge is 0.296 e. The van der Waals surface area contributed by atoms with E-state index in [0.29, 0.717) is 30.6 Å². The summed E-state index contributed by atoms with van der Waals surface area (Å²) >= 11 is 0. The van der Waals surface area contributed by atoms with Gasteiger partial charge in [0, 0.05) is 32.2 Å². The van der Waals surface area contributed by atoms with Crippen molar-refractivity contribution in [3.05, 3.63) is 71.8 Å². The molecule has 0 amide bonds. The van der Waals surface area contributed by atoms with Crippen molar-refractivity contribution in [2.75, 3.05) is 37.7 Å². The zero-order valence-corrected chi connectivity index (χ0v) is 15.1. The highest BCUT2D eigenvalue weighted by Crippen LogP contribution is 2.33. The molecule has 2 saturated heterocycles. The third-order valence-corrected chi connectivity index (χ3v) is 6.99. The van der Waals surface area contributed by atoms with Crippen molar-refractivity contribution < 1.29 is 8.42 Å². The van der Waals surface area contributed by atoms with Crippen molar-refractivity contribution in [1.82, 2.24) is 9.80 Å². The number of benzene rings is 2. The molecule has 0 aliphatic carbocycles. The normalized spacial score (nSPS) is 22.0. The van der Waals surface area contributed by atoms with Crippen LogP contribution in [0.5, 0.6) is 0 Å². The van der Waals surface area contributed by atoms with E-state index in [1.165, 1.54) is 11.1 Å². The number of hydrogen-bond donors (Lipinski definition) is 0. The minimum Gasteiger partial charge on any atom is -0.296 e. The van der Waals surface area contributed by atoms with Gasteiger partial charge < -0.3 is 0 Å². The molecule has 2 aliphatic rings. The number of nitrogens with zero attached hydrogens (tertiary/aromatic N) is 2. The van der Waals surface area contributed by atoms with Gasteiger partial charge in [-0.2, -0.15) is 0 Å². The molecule has 2 aromatic rings. The Balaban J connectivity index is 1.48. The van der Waals surface area contributed by atoms with Crippen molar-refractivity contribution in [2.45, 2.75) is 12.1 Å². The van der Waals surface area contributed by atoms with E-state index in [4.69, 9.17) is 0 Å². The molecule has 0 aromatic heterocycles. The second kappa shape index (κ2) is 6.90. The van der Waals surface area contributed by atoms with Crippen LogP contribution in [0.2, 0.25) is 0 Å². The second-order valence-corrected chi connectivity index (χ2v) is 9.32. The molecule has 2 heterocycles. The minimum absolute atomic E-state index is 0.271. The minimum atomic E-state index is -2.80. The lowest BCUT2D eigenvalue weighted by atomic mass is 9.92. The van der Waals surface area contributed by atoms with Crippen LogP contribution in [-0.2, 0) is 9.84 Å². The van der Waals surface area contributed by atoms with Crippen molar-refractivity contribution in [2.24, 2.45) is 0 Å². The Kier molecular flexibility index (Phi) is 4.63. The van der Waals surface area contributed by atoms with Crippen LogP contribution in [0.1, 0.15) is 17.2 Å². The fourth-order valence-corrected chi connectivity index (χ4v) is 5.14. The Labute approximate surface area is 150 Å². The van der Waals surface area contributed by atoms with E-state index in [2.05, 4.69) is 70.5 Å². The molecule has 2 aliphatic heterocycles. The van der Waals surface area contributed by atoms with Gasteiger partial charge in [-0.15, -0.1) is 0 Å². The standard InChI is InChI=1S/C20H24N2O2S/c23-25(24)13-11-21(12-14-25)19-15-22(16-19)20(17-7-3-1-4-8-17)18-9-5-2-6-10-18/h1-10,19-20H,11-16H2. The van der Waals surface area contributed by atoms with E-state index < -0.39 is 9.84 Å². The van der Waals surface area contributed by atoms with Crippen LogP contribution >= 0.6 is 0 Å². The van der Waals surface area contributed by atoms with Gasteiger partial charge in [0.05, 0.1) is 17.5 Å². The molecular formula is C20H24N2O2S. The van der Waals surface area contributed by atoms with Gasteiger partial charge in [-0.3, -0.25) is 9.80 Å². The van der Waals surface area contributed by atoms with E-state index in [0.717, 1.165) is 13.1 Å². The van der Waals surface area contributed by atoms with E-state index in [1.54, 1.807) is 0 Å². The summed E-state index contributed by atoms with van der Waals surface area (Å²) in [5.41, 5.74) is 2.63. The molecule has 0 unspecified atom stereocenters. The van der Waals surface area contributed by atoms with Gasteiger partial charge in [-0.05, 0) is 11.1 Å². The summed E-state index contributed by atoms with van der Waals surface area (Å²) in [7, 11) is -2.80. The van der Waals surface area contributed by atoms with Crippen molar-refractivity contribution in [3.8, 4) is 0 Å². The summed E-state index contributed by atoms with van der Waals surface area (Å²) < 4.78 is 23.3. The maximum Gasteiger partial charge on any atom is 0.152 e. The zero-order chi connectivity index (χ0) is 17.3. The molecule has 2 aromatic carbocycles. The zero-order valence-electron chi connectivity index (χ0n) is 14.3. The molecule has 0 saturated carbocycles. The van der Waals surface area contributed by atoms with Gasteiger partial charge in [0.25, 0.3) is 0 Å². The third-order valence-electron chi connectivity index (χ3n) is 5.38. The fraction of sp³-hybridized carbons (Fsp3) is 0.400. The molecule has 25 heavy (non-hydrogen) atoms. The molecule has 0 spiro atoms. The molecule has 2 fully saturated rings. The maximum atomic E-state index is 11.6. The predicted molar refractivity (Wildman–Crippen MR) is 100 cm³/mol. The van der Waals surface area contributed by atoms with Crippen LogP contribution in [0, 0.1) is 0 Å². The number of rotatable bonds is 4. The molecular weight excluding hydrogens is 332 g/mol. The molecule has 4 rings (SSSR count). The first-order valence-corrected chi connectivity index (χ1v) is 10.7. The predicted octanol–water partition coefficient (Wildman–Crippen LogP) is 2.19. The highest BCUT2D eigenvalue weighted by Gasteiger charge is 2.38. The monoisotopic (exact) mass is 356 g/mol. The van der Waals surface area contributed by atoms with E-state index in [-0.39, 0.29) is 6.04 Å². The molecule has 5 heteroatoms. The Hall–Kier alpha value is -1.69. The molecule has 0 N–H and O–H groups in total. The van der Waals surface area contributed by atoms with Gasteiger partial charge in [0.2, 0.25) is 0 Å². The van der Waals surface area contributed by atoms with Gasteiger partial charge in [0.15, 0.2) is 9.84 Å². The average molecular weight is 356 g/mol. The van der Waals surface area contributed by atoms with E-state index >= 15 is 0 Å². The summed E-state index contributed by atoms with van der Waals surface area (Å²) in [6.07, 6.45) is 0. The Bertz CT molecular complexity index is 749. The lowest BCUT2D eigenvalue weighted by Crippen LogP contribution is -2.62. The third kappa shape index (κ3) is 3.64. The first-order chi connectivity index (χ1) is 12.1. The fourth-order valence-electron chi connectivity index (χ4n) is 3.91. The SMILES string of the molecule is O=S1(=O)CCN(C2CN(C(c3ccccc3)c3ccccc3)C2)CC1. The summed E-state index contributed by atoms with van der Waals surface area (Å²) in [6, 6.07) is 22.0. The smallest absolute Gasteiger partial charge is 0.152 e. The van der Waals surface area contributed by atoms with Crippen LogP contribution in [0.15, 0.2) is 60.7 Å². The van der Waals surface area contributed by atoms with Crippen molar-refractivity contribution in [1.29, 1.82) is 0 Å². The second-order valence-electron chi connectivity index (χ2n) is 7.02. The molecule has 0 bridgehead atoms. The first-order valence-electron chi connectivity index (χ1n) is 8.91. The summed E-state index contributed by atoms with van der Waals surface area (Å²) in [4.78, 5) is 4.85. The molecule has 132 valence electrons. The summed E-state index contributed by atoms with van der Waals surface area (Å²) in [5.74, 6) is 0.620. The lowest BCUT2D eigenvalue weighted by Gasteiger charge is -2.50. The number of likely N-dealkylation sites (tertiary alicyclic amines) is 1. The maximum absolute atomic E-state index is 11.6. The van der Waals surface area contributed by atoms with Gasteiger partial charge in [-0.25, -0.2) is 8.42 Å². The topological polar surface area (TPSA) is 40.6 Å². The summed E-state index contributed by atoms with van der Waals surface area (Å²) in [5, 5.41) is 0. The van der Waals surface area contributed by atoms with Crippen molar-refractivity contribution in [3.63, 3.8) is 0 Å². The summed E-state index contributed by atoms with van der Waals surface area (Å²) in [6.45, 7) is 3.35. The highest BCUT2D eigenvalue weighted by molar-refractivity contribution is 7.91. The Morgan fingerprint density at radius 1 is 0.800 bits per heavy atom. The van der Waals surface area contributed by atoms with Crippen LogP contribution in [0.3, 0.4) is 0 Å². The van der Waals surface area contributed by atoms with Crippen molar-refractivity contribution >= 4 is 9.84 Å². The van der Waals surface area contributed by atoms with Crippen LogP contribution in [0.25, 0.3) is 0 Å². The van der Waals surface area contributed by atoms with Crippen LogP contribution in [-0.4, -0.2) is 61.9 Å². The first kappa shape index (κ1) is 16.8. The Morgan fingerprint density at radius 3 is 1.76 bits per heavy atom. The average Bonchev–Trinajstić information content (AvgIpc) is 2.60. The lowest BCUT2D eigenvalue weighted by molar-refractivity contribution is 0.0184. The van der Waals surface area contributed by atoms with Gasteiger partial charge in [0.1, 0.15) is 0 Å². The quantitative estimate of drug-likeness (QED) is 0.842.